The molecule has 0 amide bonds. The summed E-state index contributed by atoms with van der Waals surface area (Å²) in [6, 6.07) is 16.1. The molecule has 0 radical (unpaired) electrons. The van der Waals surface area contributed by atoms with Gasteiger partial charge in [0, 0.05) is 5.56 Å². The molecule has 4 nitrogen and oxygen atoms in total. The summed E-state index contributed by atoms with van der Waals surface area (Å²) in [4.78, 5) is 11.3. The number of carbonyl (C=O) groups excluding carboxylic acids is 1. The minimum absolute atomic E-state index is 0.0811. The molecule has 1 heterocycles. The highest BCUT2D eigenvalue weighted by atomic mass is 32.2. The lowest BCUT2D eigenvalue weighted by Crippen LogP contribution is -2.05. The topological polar surface area (TPSA) is 47.8 Å². The van der Waals surface area contributed by atoms with Crippen LogP contribution in [0.4, 0.5) is 4.39 Å². The van der Waals surface area contributed by atoms with Crippen LogP contribution in [0.3, 0.4) is 0 Å². The van der Waals surface area contributed by atoms with Crippen molar-refractivity contribution in [3.05, 3.63) is 66.0 Å². The van der Waals surface area contributed by atoms with Crippen molar-refractivity contribution in [2.45, 2.75) is 18.6 Å². The molecule has 122 valence electrons. The van der Waals surface area contributed by atoms with Gasteiger partial charge >= 0.3 is 0 Å². The van der Waals surface area contributed by atoms with Crippen LogP contribution >= 0.6 is 11.8 Å². The number of ketones is 1. The fourth-order valence-corrected chi connectivity index (χ4v) is 3.02. The zero-order valence-electron chi connectivity index (χ0n) is 13.1. The molecule has 2 aromatic carbocycles. The van der Waals surface area contributed by atoms with Gasteiger partial charge in [0.1, 0.15) is 11.6 Å². The summed E-state index contributed by atoms with van der Waals surface area (Å²) in [7, 11) is 0. The Balaban J connectivity index is 1.98. The SMILES string of the molecule is CC(=O)CSc1nnc(-c2ccc(F)cc2)n1Cc1ccccc1. The van der Waals surface area contributed by atoms with E-state index in [0.29, 0.717) is 23.3 Å². The van der Waals surface area contributed by atoms with Crippen LogP contribution in [0.1, 0.15) is 12.5 Å². The first-order valence-corrected chi connectivity index (χ1v) is 8.47. The number of carbonyl (C=O) groups is 1. The highest BCUT2D eigenvalue weighted by molar-refractivity contribution is 7.99. The first-order valence-electron chi connectivity index (χ1n) is 7.49. The molecule has 0 aliphatic carbocycles. The van der Waals surface area contributed by atoms with Gasteiger partial charge in [-0.05, 0) is 36.8 Å². The average Bonchev–Trinajstić information content (AvgIpc) is 2.97. The second-order valence-electron chi connectivity index (χ2n) is 5.38. The van der Waals surface area contributed by atoms with Crippen molar-refractivity contribution in [3.63, 3.8) is 0 Å². The highest BCUT2D eigenvalue weighted by Gasteiger charge is 2.15. The summed E-state index contributed by atoms with van der Waals surface area (Å²) in [6.07, 6.45) is 0. The molecule has 1 aromatic heterocycles. The number of halogens is 1. The van der Waals surface area contributed by atoms with Gasteiger partial charge in [-0.15, -0.1) is 10.2 Å². The lowest BCUT2D eigenvalue weighted by atomic mass is 10.2. The van der Waals surface area contributed by atoms with Crippen LogP contribution in [-0.4, -0.2) is 26.3 Å². The zero-order chi connectivity index (χ0) is 16.9. The Kier molecular flexibility index (Phi) is 5.05. The Bertz CT molecular complexity index is 831. The Labute approximate surface area is 143 Å². The van der Waals surface area contributed by atoms with Gasteiger partial charge in [0.2, 0.25) is 0 Å². The van der Waals surface area contributed by atoms with Crippen molar-refractivity contribution in [1.82, 2.24) is 14.8 Å². The Morgan fingerprint density at radius 1 is 1.08 bits per heavy atom. The second kappa shape index (κ2) is 7.40. The standard InChI is InChI=1S/C18H16FN3OS/c1-13(23)12-24-18-21-20-17(15-7-9-16(19)10-8-15)22(18)11-14-5-3-2-4-6-14/h2-10H,11-12H2,1H3. The number of thioether (sulfide) groups is 1. The third-order valence-electron chi connectivity index (χ3n) is 3.41. The van der Waals surface area contributed by atoms with E-state index in [-0.39, 0.29) is 11.6 Å². The Morgan fingerprint density at radius 2 is 1.79 bits per heavy atom. The lowest BCUT2D eigenvalue weighted by molar-refractivity contribution is -0.114. The van der Waals surface area contributed by atoms with E-state index >= 15 is 0 Å². The summed E-state index contributed by atoms with van der Waals surface area (Å²) < 4.78 is 15.1. The summed E-state index contributed by atoms with van der Waals surface area (Å²) in [5.74, 6) is 0.789. The number of benzene rings is 2. The highest BCUT2D eigenvalue weighted by Crippen LogP contribution is 2.25. The van der Waals surface area contributed by atoms with Crippen molar-refractivity contribution >= 4 is 17.5 Å². The predicted octanol–water partition coefficient (Wildman–Crippen LogP) is 3.81. The van der Waals surface area contributed by atoms with Gasteiger partial charge in [-0.3, -0.25) is 9.36 Å². The Morgan fingerprint density at radius 3 is 2.46 bits per heavy atom. The van der Waals surface area contributed by atoms with Crippen molar-refractivity contribution in [3.8, 4) is 11.4 Å². The number of aromatic nitrogens is 3. The monoisotopic (exact) mass is 341 g/mol. The molecule has 3 aromatic rings. The first-order chi connectivity index (χ1) is 11.6. The van der Waals surface area contributed by atoms with Gasteiger partial charge in [0.25, 0.3) is 0 Å². The molecule has 6 heteroatoms. The summed E-state index contributed by atoms with van der Waals surface area (Å²) in [5, 5.41) is 9.14. The zero-order valence-corrected chi connectivity index (χ0v) is 14.0. The fourth-order valence-electron chi connectivity index (χ4n) is 2.28. The van der Waals surface area contributed by atoms with Crippen LogP contribution in [0.15, 0.2) is 59.8 Å². The molecular weight excluding hydrogens is 325 g/mol. The molecule has 0 atom stereocenters. The number of nitrogens with zero attached hydrogens (tertiary/aromatic N) is 3. The van der Waals surface area contributed by atoms with Gasteiger partial charge in [-0.25, -0.2) is 4.39 Å². The molecule has 0 fully saturated rings. The molecule has 24 heavy (non-hydrogen) atoms. The Hall–Kier alpha value is -2.47. The minimum atomic E-state index is -0.293. The minimum Gasteiger partial charge on any atom is -0.299 e. The van der Waals surface area contributed by atoms with Crippen LogP contribution in [0.2, 0.25) is 0 Å². The number of rotatable bonds is 6. The lowest BCUT2D eigenvalue weighted by Gasteiger charge is -2.10. The van der Waals surface area contributed by atoms with Gasteiger partial charge in [-0.2, -0.15) is 0 Å². The van der Waals surface area contributed by atoms with Gasteiger partial charge in [0.15, 0.2) is 11.0 Å². The van der Waals surface area contributed by atoms with E-state index in [0.717, 1.165) is 11.1 Å². The maximum absolute atomic E-state index is 13.2. The van der Waals surface area contributed by atoms with Crippen molar-refractivity contribution in [2.24, 2.45) is 0 Å². The molecule has 0 unspecified atom stereocenters. The summed E-state index contributed by atoms with van der Waals surface area (Å²) >= 11 is 1.36. The van der Waals surface area contributed by atoms with Gasteiger partial charge < -0.3 is 0 Å². The van der Waals surface area contributed by atoms with E-state index in [9.17, 15) is 9.18 Å². The molecule has 0 aliphatic rings. The molecular formula is C18H16FN3OS. The fraction of sp³-hybridized carbons (Fsp3) is 0.167. The molecule has 0 bridgehead atoms. The van der Waals surface area contributed by atoms with Gasteiger partial charge in [0.05, 0.1) is 12.3 Å². The summed E-state index contributed by atoms with van der Waals surface area (Å²) in [5.41, 5.74) is 1.89. The van der Waals surface area contributed by atoms with Crippen LogP contribution in [0.5, 0.6) is 0 Å². The van der Waals surface area contributed by atoms with Crippen LogP contribution < -0.4 is 0 Å². The van der Waals surface area contributed by atoms with Crippen molar-refractivity contribution in [2.75, 3.05) is 5.75 Å². The van der Waals surface area contributed by atoms with Gasteiger partial charge in [-0.1, -0.05) is 42.1 Å². The number of Topliss-reactive ketones (excluding diaryl/α,β-unsaturated/α-hetero) is 1. The van der Waals surface area contributed by atoms with Crippen LogP contribution in [0.25, 0.3) is 11.4 Å². The molecule has 0 aliphatic heterocycles. The van der Waals surface area contributed by atoms with Crippen molar-refractivity contribution < 1.29 is 9.18 Å². The molecule has 0 N–H and O–H groups in total. The smallest absolute Gasteiger partial charge is 0.192 e. The van der Waals surface area contributed by atoms with E-state index in [1.165, 1.54) is 23.9 Å². The molecule has 3 rings (SSSR count). The normalized spacial score (nSPS) is 10.8. The van der Waals surface area contributed by atoms with E-state index in [1.807, 2.05) is 34.9 Å². The maximum atomic E-state index is 13.2. The average molecular weight is 341 g/mol. The second-order valence-corrected chi connectivity index (χ2v) is 6.32. The third kappa shape index (κ3) is 3.89. The third-order valence-corrected chi connectivity index (χ3v) is 4.52. The molecule has 0 saturated heterocycles. The largest absolute Gasteiger partial charge is 0.299 e. The van der Waals surface area contributed by atoms with Crippen molar-refractivity contribution in [1.29, 1.82) is 0 Å². The van der Waals surface area contributed by atoms with Crippen LogP contribution in [0, 0.1) is 5.82 Å². The number of hydrogen-bond donors (Lipinski definition) is 0. The first kappa shape index (κ1) is 16.4. The van der Waals surface area contributed by atoms with E-state index in [4.69, 9.17) is 0 Å². The maximum Gasteiger partial charge on any atom is 0.192 e. The van der Waals surface area contributed by atoms with E-state index in [1.54, 1.807) is 19.1 Å². The predicted molar refractivity (Wildman–Crippen MR) is 92.4 cm³/mol. The quantitative estimate of drug-likeness (QED) is 0.640. The number of hydrogen-bond acceptors (Lipinski definition) is 4. The summed E-state index contributed by atoms with van der Waals surface area (Å²) in [6.45, 7) is 2.13. The molecule has 0 spiro atoms. The van der Waals surface area contributed by atoms with E-state index in [2.05, 4.69) is 10.2 Å². The molecule has 0 saturated carbocycles. The van der Waals surface area contributed by atoms with E-state index < -0.39 is 0 Å². The van der Waals surface area contributed by atoms with Crippen LogP contribution in [-0.2, 0) is 11.3 Å².